The molecule has 0 saturated heterocycles. The third-order valence-corrected chi connectivity index (χ3v) is 6.26. The lowest BCUT2D eigenvalue weighted by molar-refractivity contribution is 0.216. The molecule has 3 aromatic rings. The molecule has 0 aromatic heterocycles. The molecular formula is C30H36N2O2. The van der Waals surface area contributed by atoms with E-state index >= 15 is 0 Å². The minimum Gasteiger partial charge on any atom is -0.480 e. The van der Waals surface area contributed by atoms with Gasteiger partial charge in [-0.1, -0.05) is 105 Å². The van der Waals surface area contributed by atoms with E-state index in [-0.39, 0.29) is 17.7 Å². The van der Waals surface area contributed by atoms with Crippen molar-refractivity contribution in [1.82, 2.24) is 0 Å². The lowest BCUT2D eigenvalue weighted by atomic mass is 9.82. The Morgan fingerprint density at radius 2 is 1.21 bits per heavy atom. The lowest BCUT2D eigenvalue weighted by Crippen LogP contribution is -2.42. The number of ether oxygens (including phenoxy) is 2. The molecule has 3 aromatic carbocycles. The first kappa shape index (κ1) is 25.2. The predicted octanol–water partition coefficient (Wildman–Crippen LogP) is 6.88. The van der Waals surface area contributed by atoms with E-state index in [9.17, 15) is 0 Å². The molecule has 0 fully saturated rings. The average Bonchev–Trinajstić information content (AvgIpc) is 2.88. The normalized spacial score (nSPS) is 15.1. The first-order valence-electron chi connectivity index (χ1n) is 11.9. The summed E-state index contributed by atoms with van der Waals surface area (Å²) in [6.07, 6.45) is 0.568. The molecule has 178 valence electrons. The van der Waals surface area contributed by atoms with E-state index in [1.54, 1.807) is 7.05 Å². The zero-order chi connectivity index (χ0) is 24.4. The molecule has 3 rings (SSSR count). The maximum Gasteiger partial charge on any atom is 0.198 e. The second kappa shape index (κ2) is 12.2. The van der Waals surface area contributed by atoms with Crippen molar-refractivity contribution in [3.63, 3.8) is 0 Å². The van der Waals surface area contributed by atoms with Crippen LogP contribution in [0.15, 0.2) is 96.0 Å². The molecule has 0 aliphatic carbocycles. The van der Waals surface area contributed by atoms with Crippen LogP contribution in [0.1, 0.15) is 49.3 Å². The minimum absolute atomic E-state index is 0.170. The topological polar surface area (TPSA) is 54.7 Å². The highest BCUT2D eigenvalue weighted by Gasteiger charge is 2.40. The molecule has 0 aliphatic heterocycles. The van der Waals surface area contributed by atoms with Crippen molar-refractivity contribution < 1.29 is 9.47 Å². The van der Waals surface area contributed by atoms with Gasteiger partial charge in [-0.25, -0.2) is 0 Å². The van der Waals surface area contributed by atoms with Crippen LogP contribution in [0.5, 0.6) is 0 Å². The first-order chi connectivity index (χ1) is 16.4. The minimum atomic E-state index is -0.817. The van der Waals surface area contributed by atoms with Gasteiger partial charge in [0.05, 0.1) is 13.2 Å². The number of hydrogen-bond donors (Lipinski definition) is 1. The molecule has 1 N–H and O–H groups in total. The molecule has 4 heteroatoms. The molecule has 0 bridgehead atoms. The maximum absolute atomic E-state index is 8.95. The summed E-state index contributed by atoms with van der Waals surface area (Å²) in [6.45, 7) is 7.15. The molecule has 0 saturated carbocycles. The van der Waals surface area contributed by atoms with E-state index in [0.29, 0.717) is 25.5 Å². The third-order valence-electron chi connectivity index (χ3n) is 6.26. The summed E-state index contributed by atoms with van der Waals surface area (Å²) in [7, 11) is 1.73. The van der Waals surface area contributed by atoms with Gasteiger partial charge in [0.15, 0.2) is 11.8 Å². The zero-order valence-electron chi connectivity index (χ0n) is 20.7. The fraction of sp³-hybridized carbons (Fsp3) is 0.333. The van der Waals surface area contributed by atoms with Crippen LogP contribution >= 0.6 is 0 Å². The van der Waals surface area contributed by atoms with E-state index in [0.717, 1.165) is 5.56 Å². The molecule has 0 amide bonds. The van der Waals surface area contributed by atoms with Gasteiger partial charge in [0.1, 0.15) is 5.41 Å². The number of aliphatic imine (C=N–C) groups is 1. The smallest absolute Gasteiger partial charge is 0.198 e. The molecule has 4 nitrogen and oxygen atoms in total. The van der Waals surface area contributed by atoms with Crippen molar-refractivity contribution in [3.8, 4) is 0 Å². The van der Waals surface area contributed by atoms with Gasteiger partial charge in [0.25, 0.3) is 0 Å². The molecule has 0 heterocycles. The Balaban J connectivity index is 1.76. The SMILES string of the molecule is C/N=C(/OC[C@H](C)c1ccccc1)C(C)(Cc1ccccc1)C(=N)OC[C@H](C)c1ccccc1. The Morgan fingerprint density at radius 1 is 0.765 bits per heavy atom. The Bertz CT molecular complexity index is 1050. The summed E-state index contributed by atoms with van der Waals surface area (Å²) >= 11 is 0. The largest absolute Gasteiger partial charge is 0.480 e. The summed E-state index contributed by atoms with van der Waals surface area (Å²) in [5.74, 6) is 1.07. The molecular weight excluding hydrogens is 420 g/mol. The summed E-state index contributed by atoms with van der Waals surface area (Å²) in [5.41, 5.74) is 2.70. The number of rotatable bonds is 10. The highest BCUT2D eigenvalue weighted by molar-refractivity contribution is 6.03. The monoisotopic (exact) mass is 456 g/mol. The van der Waals surface area contributed by atoms with Crippen LogP contribution in [-0.4, -0.2) is 32.1 Å². The van der Waals surface area contributed by atoms with Crippen LogP contribution < -0.4 is 0 Å². The van der Waals surface area contributed by atoms with E-state index < -0.39 is 5.41 Å². The van der Waals surface area contributed by atoms with Gasteiger partial charge in [-0.3, -0.25) is 10.4 Å². The molecule has 1 unspecified atom stereocenters. The van der Waals surface area contributed by atoms with Crippen LogP contribution in [0.3, 0.4) is 0 Å². The number of nitrogens with one attached hydrogen (secondary N) is 1. The van der Waals surface area contributed by atoms with Crippen molar-refractivity contribution in [2.45, 2.75) is 39.0 Å². The van der Waals surface area contributed by atoms with Crippen LogP contribution in [-0.2, 0) is 15.9 Å². The van der Waals surface area contributed by atoms with Gasteiger partial charge < -0.3 is 9.47 Å². The number of nitrogens with zero attached hydrogens (tertiary/aromatic N) is 1. The van der Waals surface area contributed by atoms with Crippen molar-refractivity contribution in [1.29, 1.82) is 5.41 Å². The van der Waals surface area contributed by atoms with E-state index in [2.05, 4.69) is 55.2 Å². The highest BCUT2D eigenvalue weighted by Crippen LogP contribution is 2.30. The fourth-order valence-electron chi connectivity index (χ4n) is 4.05. The predicted molar refractivity (Wildman–Crippen MR) is 141 cm³/mol. The summed E-state index contributed by atoms with van der Waals surface area (Å²) in [5, 5.41) is 8.95. The maximum atomic E-state index is 8.95. The number of benzene rings is 3. The summed E-state index contributed by atoms with van der Waals surface area (Å²) in [4.78, 5) is 4.50. The Labute approximate surface area is 204 Å². The van der Waals surface area contributed by atoms with Crippen molar-refractivity contribution >= 4 is 11.8 Å². The Morgan fingerprint density at radius 3 is 1.68 bits per heavy atom. The number of hydrogen-bond acceptors (Lipinski definition) is 4. The second-order valence-electron chi connectivity index (χ2n) is 9.10. The van der Waals surface area contributed by atoms with Crippen LogP contribution in [0, 0.1) is 10.8 Å². The van der Waals surface area contributed by atoms with E-state index in [1.807, 2.05) is 61.5 Å². The van der Waals surface area contributed by atoms with Gasteiger partial charge in [0.2, 0.25) is 0 Å². The summed E-state index contributed by atoms with van der Waals surface area (Å²) < 4.78 is 12.4. The van der Waals surface area contributed by atoms with Gasteiger partial charge in [0, 0.05) is 18.9 Å². The Hall–Kier alpha value is -3.40. The standard InChI is InChI=1S/C30H36N2O2/c1-23(26-16-10-6-11-17-26)21-33-28(31)30(3,20-25-14-8-5-9-15-25)29(32-4)34-22-24(2)27-18-12-7-13-19-27/h5-19,23-24,31H,20-22H2,1-4H3/b31-28?,32-29+/t23-,24-,30?/m0/s1. The quantitative estimate of drug-likeness (QED) is 0.267. The molecule has 3 atom stereocenters. The first-order valence-corrected chi connectivity index (χ1v) is 11.9. The van der Waals surface area contributed by atoms with Crippen LogP contribution in [0.2, 0.25) is 0 Å². The van der Waals surface area contributed by atoms with Gasteiger partial charge in [-0.2, -0.15) is 0 Å². The van der Waals surface area contributed by atoms with Crippen LogP contribution in [0.25, 0.3) is 0 Å². The highest BCUT2D eigenvalue weighted by atomic mass is 16.5. The lowest BCUT2D eigenvalue weighted by Gasteiger charge is -2.32. The average molecular weight is 457 g/mol. The van der Waals surface area contributed by atoms with E-state index in [1.165, 1.54) is 11.1 Å². The zero-order valence-corrected chi connectivity index (χ0v) is 20.7. The fourth-order valence-corrected chi connectivity index (χ4v) is 4.05. The molecule has 34 heavy (non-hydrogen) atoms. The molecule has 0 radical (unpaired) electrons. The van der Waals surface area contributed by atoms with Gasteiger partial charge in [-0.15, -0.1) is 0 Å². The van der Waals surface area contributed by atoms with Gasteiger partial charge in [-0.05, 0) is 30.0 Å². The Kier molecular flexibility index (Phi) is 9.03. The van der Waals surface area contributed by atoms with E-state index in [4.69, 9.17) is 14.9 Å². The van der Waals surface area contributed by atoms with Crippen molar-refractivity contribution in [2.75, 3.05) is 20.3 Å². The second-order valence-corrected chi connectivity index (χ2v) is 9.10. The molecule has 0 aliphatic rings. The van der Waals surface area contributed by atoms with Crippen LogP contribution in [0.4, 0.5) is 0 Å². The summed E-state index contributed by atoms with van der Waals surface area (Å²) in [6, 6.07) is 30.7. The molecule has 0 spiro atoms. The van der Waals surface area contributed by atoms with Gasteiger partial charge >= 0.3 is 0 Å². The third kappa shape index (κ3) is 6.57. The van der Waals surface area contributed by atoms with Crippen molar-refractivity contribution in [2.24, 2.45) is 10.4 Å². The van der Waals surface area contributed by atoms with Crippen molar-refractivity contribution in [3.05, 3.63) is 108 Å².